The minimum atomic E-state index is -0.467. The predicted molar refractivity (Wildman–Crippen MR) is 81.2 cm³/mol. The van der Waals surface area contributed by atoms with Crippen molar-refractivity contribution in [2.75, 3.05) is 0 Å². The van der Waals surface area contributed by atoms with Crippen molar-refractivity contribution in [3.8, 4) is 0 Å². The van der Waals surface area contributed by atoms with Crippen LogP contribution in [-0.2, 0) is 4.79 Å². The molecule has 0 bridgehead atoms. The maximum Gasteiger partial charge on any atom is 0.150 e. The van der Waals surface area contributed by atoms with E-state index in [0.29, 0.717) is 6.42 Å². The average molecular weight is 318 g/mol. The van der Waals surface area contributed by atoms with Gasteiger partial charge in [-0.2, -0.15) is 5.10 Å². The molecule has 1 fully saturated rings. The van der Waals surface area contributed by atoms with E-state index < -0.39 is 5.82 Å². The molecule has 2 aliphatic rings. The van der Waals surface area contributed by atoms with Crippen LogP contribution in [0.1, 0.15) is 30.9 Å². The van der Waals surface area contributed by atoms with Crippen molar-refractivity contribution in [3.05, 3.63) is 46.9 Å². The number of aromatic nitrogens is 2. The van der Waals surface area contributed by atoms with Crippen molar-refractivity contribution in [1.82, 2.24) is 9.78 Å². The lowest BCUT2D eigenvalue weighted by Crippen LogP contribution is -2.39. The zero-order chi connectivity index (χ0) is 15.3. The van der Waals surface area contributed by atoms with E-state index in [1.54, 1.807) is 23.0 Å². The van der Waals surface area contributed by atoms with E-state index >= 15 is 0 Å². The molecule has 1 saturated carbocycles. The third-order valence-electron chi connectivity index (χ3n) is 4.33. The molecular weight excluding hydrogens is 305 g/mol. The molecule has 0 spiro atoms. The molecule has 2 aromatic rings. The minimum absolute atomic E-state index is 0.0542. The molecule has 1 aromatic carbocycles. The number of hydrogen-bond acceptors (Lipinski definition) is 3. The number of Topliss-reactive ketones (excluding diaryl/α,β-unsaturated/α-hetero) is 1. The van der Waals surface area contributed by atoms with Gasteiger partial charge in [-0.1, -0.05) is 17.7 Å². The van der Waals surface area contributed by atoms with Gasteiger partial charge in [-0.15, -0.1) is 0 Å². The highest BCUT2D eigenvalue weighted by atomic mass is 35.5. The van der Waals surface area contributed by atoms with Crippen LogP contribution >= 0.6 is 11.6 Å². The second-order valence-electron chi connectivity index (χ2n) is 5.65. The third kappa shape index (κ3) is 2.00. The summed E-state index contributed by atoms with van der Waals surface area (Å²) in [6.45, 7) is 0. The van der Waals surface area contributed by atoms with Crippen molar-refractivity contribution >= 4 is 28.9 Å². The molecule has 2 atom stereocenters. The quantitative estimate of drug-likeness (QED) is 0.804. The highest BCUT2D eigenvalue weighted by Crippen LogP contribution is 2.40. The van der Waals surface area contributed by atoms with E-state index in [1.807, 2.05) is 6.07 Å². The van der Waals surface area contributed by atoms with Crippen LogP contribution in [0.15, 0.2) is 35.5 Å². The topological polar surface area (TPSA) is 47.2 Å². The Morgan fingerprint density at radius 3 is 2.95 bits per heavy atom. The van der Waals surface area contributed by atoms with Crippen LogP contribution < -0.4 is 0 Å². The standard InChI is InChI=1S/C16H13ClFN3O/c17-10-8-9(4-5-11(10)18)16-15-12(2-1-3-13(15)22)20-14-6-7-19-21(14)16/h4-8,15-16H,1-3H2. The fourth-order valence-electron chi connectivity index (χ4n) is 3.35. The van der Waals surface area contributed by atoms with Gasteiger partial charge in [-0.25, -0.2) is 14.1 Å². The first-order valence-electron chi connectivity index (χ1n) is 7.24. The number of carbonyl (C=O) groups excluding carboxylic acids is 1. The van der Waals surface area contributed by atoms with Crippen molar-refractivity contribution in [1.29, 1.82) is 0 Å². The van der Waals surface area contributed by atoms with E-state index in [4.69, 9.17) is 11.6 Å². The van der Waals surface area contributed by atoms with Gasteiger partial charge in [-0.3, -0.25) is 4.79 Å². The lowest BCUT2D eigenvalue weighted by molar-refractivity contribution is -0.122. The first kappa shape index (κ1) is 13.6. The highest BCUT2D eigenvalue weighted by Gasteiger charge is 2.41. The van der Waals surface area contributed by atoms with E-state index in [1.165, 1.54) is 6.07 Å². The van der Waals surface area contributed by atoms with Crippen LogP contribution in [0.2, 0.25) is 5.02 Å². The van der Waals surface area contributed by atoms with Crippen LogP contribution in [0.5, 0.6) is 0 Å². The second kappa shape index (κ2) is 5.02. The van der Waals surface area contributed by atoms with E-state index in [-0.39, 0.29) is 22.8 Å². The molecule has 2 unspecified atom stereocenters. The van der Waals surface area contributed by atoms with E-state index in [0.717, 1.165) is 29.9 Å². The van der Waals surface area contributed by atoms with Gasteiger partial charge in [0.05, 0.1) is 23.2 Å². The van der Waals surface area contributed by atoms with Gasteiger partial charge < -0.3 is 0 Å². The molecular formula is C16H13ClFN3O. The second-order valence-corrected chi connectivity index (χ2v) is 6.06. The van der Waals surface area contributed by atoms with E-state index in [9.17, 15) is 9.18 Å². The molecule has 22 heavy (non-hydrogen) atoms. The normalized spacial score (nSPS) is 23.7. The SMILES string of the molecule is O=C1CCCC2=Nc3ccnn3C(c3ccc(F)c(Cl)c3)C12. The Hall–Kier alpha value is -2.01. The molecule has 4 nitrogen and oxygen atoms in total. The molecule has 0 N–H and O–H groups in total. The molecule has 1 aliphatic carbocycles. The number of ketones is 1. The molecule has 0 radical (unpaired) electrons. The third-order valence-corrected chi connectivity index (χ3v) is 4.62. The van der Waals surface area contributed by atoms with Gasteiger partial charge in [0.15, 0.2) is 5.82 Å². The summed E-state index contributed by atoms with van der Waals surface area (Å²) in [4.78, 5) is 17.0. The number of hydrogen-bond donors (Lipinski definition) is 0. The van der Waals surface area contributed by atoms with Crippen LogP contribution in [0, 0.1) is 11.7 Å². The fraction of sp³-hybridized carbons (Fsp3) is 0.312. The zero-order valence-electron chi connectivity index (χ0n) is 11.7. The van der Waals surface area contributed by atoms with Gasteiger partial charge in [0.1, 0.15) is 11.6 Å². The molecule has 4 rings (SSSR count). The van der Waals surface area contributed by atoms with Crippen LogP contribution in [0.3, 0.4) is 0 Å². The average Bonchev–Trinajstić information content (AvgIpc) is 2.96. The summed E-state index contributed by atoms with van der Waals surface area (Å²) in [5.74, 6) is 0.0939. The van der Waals surface area contributed by atoms with Crippen molar-refractivity contribution in [3.63, 3.8) is 0 Å². The Morgan fingerprint density at radius 2 is 2.14 bits per heavy atom. The largest absolute Gasteiger partial charge is 0.299 e. The monoisotopic (exact) mass is 317 g/mol. The first-order valence-corrected chi connectivity index (χ1v) is 7.61. The Labute approximate surface area is 131 Å². The molecule has 112 valence electrons. The molecule has 1 aliphatic heterocycles. The molecule has 2 heterocycles. The lowest BCUT2D eigenvalue weighted by atomic mass is 9.77. The maximum atomic E-state index is 13.5. The Kier molecular flexibility index (Phi) is 3.11. The number of aliphatic imine (C=N–C) groups is 1. The van der Waals surface area contributed by atoms with Crippen molar-refractivity contribution in [2.24, 2.45) is 10.9 Å². The summed E-state index contributed by atoms with van der Waals surface area (Å²) in [6.07, 6.45) is 3.86. The van der Waals surface area contributed by atoms with Gasteiger partial charge in [0, 0.05) is 18.2 Å². The Balaban J connectivity index is 1.90. The number of halogens is 2. The first-order chi connectivity index (χ1) is 10.6. The number of nitrogens with zero attached hydrogens (tertiary/aromatic N) is 3. The van der Waals surface area contributed by atoms with Gasteiger partial charge in [0.2, 0.25) is 0 Å². The van der Waals surface area contributed by atoms with Gasteiger partial charge >= 0.3 is 0 Å². The number of rotatable bonds is 1. The van der Waals surface area contributed by atoms with Gasteiger partial charge in [0.25, 0.3) is 0 Å². The predicted octanol–water partition coefficient (Wildman–Crippen LogP) is 3.72. The van der Waals surface area contributed by atoms with Gasteiger partial charge in [-0.05, 0) is 30.5 Å². The number of fused-ring (bicyclic) bond motifs is 2. The van der Waals surface area contributed by atoms with Crippen LogP contribution in [0.25, 0.3) is 0 Å². The summed E-state index contributed by atoms with van der Waals surface area (Å²) in [6, 6.07) is 6.10. The number of carbonyl (C=O) groups is 1. The zero-order valence-corrected chi connectivity index (χ0v) is 12.4. The number of benzene rings is 1. The summed E-state index contributed by atoms with van der Waals surface area (Å²) in [5, 5.41) is 4.37. The summed E-state index contributed by atoms with van der Waals surface area (Å²) in [7, 11) is 0. The van der Waals surface area contributed by atoms with Crippen molar-refractivity contribution < 1.29 is 9.18 Å². The maximum absolute atomic E-state index is 13.5. The minimum Gasteiger partial charge on any atom is -0.299 e. The van der Waals surface area contributed by atoms with E-state index in [2.05, 4.69) is 10.1 Å². The van der Waals surface area contributed by atoms with Crippen LogP contribution in [0.4, 0.5) is 10.2 Å². The lowest BCUT2D eigenvalue weighted by Gasteiger charge is -2.34. The Bertz CT molecular complexity index is 798. The van der Waals surface area contributed by atoms with Crippen molar-refractivity contribution in [2.45, 2.75) is 25.3 Å². The fourth-order valence-corrected chi connectivity index (χ4v) is 3.54. The summed E-state index contributed by atoms with van der Waals surface area (Å²) < 4.78 is 15.2. The Morgan fingerprint density at radius 1 is 1.27 bits per heavy atom. The highest BCUT2D eigenvalue weighted by molar-refractivity contribution is 6.30. The molecule has 0 amide bonds. The summed E-state index contributed by atoms with van der Waals surface area (Å²) in [5.41, 5.74) is 1.68. The summed E-state index contributed by atoms with van der Waals surface area (Å²) >= 11 is 5.93. The van der Waals surface area contributed by atoms with Crippen LogP contribution in [-0.4, -0.2) is 21.3 Å². The molecule has 1 aromatic heterocycles. The molecule has 6 heteroatoms. The smallest absolute Gasteiger partial charge is 0.150 e. The molecule has 0 saturated heterocycles.